The number of rotatable bonds is 4. The van der Waals surface area contributed by atoms with E-state index >= 15 is 0 Å². The van der Waals surface area contributed by atoms with Gasteiger partial charge in [-0.05, 0) is 46.5 Å². The first kappa shape index (κ1) is 12.5. The number of aromatic nitrogens is 5. The second kappa shape index (κ2) is 5.62. The third-order valence-electron chi connectivity index (χ3n) is 2.53. The predicted molar refractivity (Wildman–Crippen MR) is 72.9 cm³/mol. The molecule has 0 saturated carbocycles. The summed E-state index contributed by atoms with van der Waals surface area (Å²) < 4.78 is 1.64. The van der Waals surface area contributed by atoms with Crippen LogP contribution in [0.2, 0.25) is 0 Å². The van der Waals surface area contributed by atoms with Gasteiger partial charge in [-0.3, -0.25) is 4.79 Å². The summed E-state index contributed by atoms with van der Waals surface area (Å²) in [6.07, 6.45) is 2.28. The quantitative estimate of drug-likeness (QED) is 0.682. The van der Waals surface area contributed by atoms with Crippen LogP contribution in [0.15, 0.2) is 58.8 Å². The molecule has 2 heterocycles. The van der Waals surface area contributed by atoms with Crippen molar-refractivity contribution in [2.24, 2.45) is 0 Å². The summed E-state index contributed by atoms with van der Waals surface area (Å²) in [5.74, 6) is 0. The Morgan fingerprint density at radius 2 is 1.95 bits per heavy atom. The molecule has 0 bridgehead atoms. The van der Waals surface area contributed by atoms with Crippen molar-refractivity contribution in [3.8, 4) is 5.69 Å². The smallest absolute Gasteiger partial charge is 0.220 e. The van der Waals surface area contributed by atoms with Gasteiger partial charge >= 0.3 is 0 Å². The van der Waals surface area contributed by atoms with Gasteiger partial charge in [0.1, 0.15) is 5.03 Å². The molecule has 0 saturated heterocycles. The SMILES string of the molecule is O=Cc1ccc(Sc2nnnn2-c2ccccc2)nc1. The molecule has 0 aliphatic heterocycles. The fourth-order valence-corrected chi connectivity index (χ4v) is 2.32. The van der Waals surface area contributed by atoms with Crippen LogP contribution in [-0.2, 0) is 0 Å². The van der Waals surface area contributed by atoms with Gasteiger partial charge in [0.2, 0.25) is 5.16 Å². The molecule has 0 unspecified atom stereocenters. The molecule has 0 aliphatic rings. The Morgan fingerprint density at radius 3 is 2.65 bits per heavy atom. The van der Waals surface area contributed by atoms with Crippen molar-refractivity contribution in [3.05, 3.63) is 54.2 Å². The summed E-state index contributed by atoms with van der Waals surface area (Å²) in [4.78, 5) is 14.8. The highest BCUT2D eigenvalue weighted by molar-refractivity contribution is 7.99. The van der Waals surface area contributed by atoms with Gasteiger partial charge < -0.3 is 0 Å². The van der Waals surface area contributed by atoms with E-state index in [1.807, 2.05) is 30.3 Å². The van der Waals surface area contributed by atoms with E-state index in [0.717, 1.165) is 17.0 Å². The standard InChI is InChI=1S/C13H9N5OS/c19-9-10-6-7-12(14-8-10)20-13-15-16-17-18(13)11-4-2-1-3-5-11/h1-9H. The zero-order chi connectivity index (χ0) is 13.8. The molecule has 3 rings (SSSR count). The first-order chi connectivity index (χ1) is 9.86. The molecule has 0 radical (unpaired) electrons. The Bertz CT molecular complexity index is 711. The number of benzene rings is 1. The van der Waals surface area contributed by atoms with E-state index in [0.29, 0.717) is 10.7 Å². The highest BCUT2D eigenvalue weighted by Gasteiger charge is 2.10. The fraction of sp³-hybridized carbons (Fsp3) is 0. The normalized spacial score (nSPS) is 10.4. The van der Waals surface area contributed by atoms with Crippen LogP contribution in [0, 0.1) is 0 Å². The molecule has 20 heavy (non-hydrogen) atoms. The van der Waals surface area contributed by atoms with Crippen molar-refractivity contribution in [1.82, 2.24) is 25.2 Å². The second-order valence-electron chi connectivity index (χ2n) is 3.86. The van der Waals surface area contributed by atoms with E-state index in [1.54, 1.807) is 16.8 Å². The van der Waals surface area contributed by atoms with Gasteiger partial charge in [-0.2, -0.15) is 4.68 Å². The van der Waals surface area contributed by atoms with Gasteiger partial charge in [0.25, 0.3) is 0 Å². The molecule has 3 aromatic rings. The number of aldehydes is 1. The molecular formula is C13H9N5OS. The first-order valence-electron chi connectivity index (χ1n) is 5.80. The largest absolute Gasteiger partial charge is 0.298 e. The Balaban J connectivity index is 1.88. The minimum atomic E-state index is 0.539. The van der Waals surface area contributed by atoms with Crippen molar-refractivity contribution in [1.29, 1.82) is 0 Å². The van der Waals surface area contributed by atoms with Crippen LogP contribution in [-0.4, -0.2) is 31.5 Å². The highest BCUT2D eigenvalue weighted by Crippen LogP contribution is 2.24. The molecule has 0 atom stereocenters. The molecule has 0 fully saturated rings. The monoisotopic (exact) mass is 283 g/mol. The number of nitrogens with zero attached hydrogens (tertiary/aromatic N) is 5. The van der Waals surface area contributed by atoms with Crippen molar-refractivity contribution >= 4 is 18.0 Å². The van der Waals surface area contributed by atoms with Crippen molar-refractivity contribution in [2.75, 3.05) is 0 Å². The van der Waals surface area contributed by atoms with E-state index in [1.165, 1.54) is 18.0 Å². The highest BCUT2D eigenvalue weighted by atomic mass is 32.2. The molecule has 0 spiro atoms. The average molecular weight is 283 g/mol. The maximum absolute atomic E-state index is 10.6. The van der Waals surface area contributed by atoms with E-state index in [4.69, 9.17) is 0 Å². The van der Waals surface area contributed by atoms with Crippen LogP contribution in [0.25, 0.3) is 5.69 Å². The lowest BCUT2D eigenvalue weighted by atomic mass is 10.3. The van der Waals surface area contributed by atoms with Crippen LogP contribution < -0.4 is 0 Å². The topological polar surface area (TPSA) is 73.6 Å². The second-order valence-corrected chi connectivity index (χ2v) is 4.85. The molecule has 0 N–H and O–H groups in total. The Labute approximate surface area is 118 Å². The summed E-state index contributed by atoms with van der Waals surface area (Å²) in [6.45, 7) is 0. The van der Waals surface area contributed by atoms with Crippen LogP contribution in [0.1, 0.15) is 10.4 Å². The molecule has 98 valence electrons. The van der Waals surface area contributed by atoms with Gasteiger partial charge in [0.15, 0.2) is 6.29 Å². The van der Waals surface area contributed by atoms with Crippen LogP contribution in [0.5, 0.6) is 0 Å². The van der Waals surface area contributed by atoms with E-state index in [9.17, 15) is 4.79 Å². The fourth-order valence-electron chi connectivity index (χ4n) is 1.59. The van der Waals surface area contributed by atoms with E-state index in [2.05, 4.69) is 20.5 Å². The van der Waals surface area contributed by atoms with E-state index < -0.39 is 0 Å². The van der Waals surface area contributed by atoms with Crippen molar-refractivity contribution < 1.29 is 4.79 Å². The van der Waals surface area contributed by atoms with Gasteiger partial charge in [-0.1, -0.05) is 18.2 Å². The summed E-state index contributed by atoms with van der Waals surface area (Å²) >= 11 is 1.33. The molecule has 2 aromatic heterocycles. The lowest BCUT2D eigenvalue weighted by Crippen LogP contribution is -1.98. The zero-order valence-electron chi connectivity index (χ0n) is 10.2. The maximum Gasteiger partial charge on any atom is 0.220 e. The number of pyridine rings is 1. The Hall–Kier alpha value is -2.54. The van der Waals surface area contributed by atoms with Crippen molar-refractivity contribution in [3.63, 3.8) is 0 Å². The van der Waals surface area contributed by atoms with Crippen LogP contribution >= 0.6 is 11.8 Å². The molecule has 7 heteroatoms. The lowest BCUT2D eigenvalue weighted by molar-refractivity contribution is 0.112. The number of hydrogen-bond acceptors (Lipinski definition) is 6. The number of para-hydroxylation sites is 1. The number of carbonyl (C=O) groups is 1. The number of carbonyl (C=O) groups excluding carboxylic acids is 1. The molecular weight excluding hydrogens is 274 g/mol. The summed E-state index contributed by atoms with van der Waals surface area (Å²) in [5, 5.41) is 13.0. The Kier molecular flexibility index (Phi) is 3.51. The summed E-state index contributed by atoms with van der Waals surface area (Å²) in [6, 6.07) is 13.1. The lowest BCUT2D eigenvalue weighted by Gasteiger charge is -2.03. The van der Waals surface area contributed by atoms with Gasteiger partial charge in [0, 0.05) is 11.8 Å². The minimum absolute atomic E-state index is 0.539. The predicted octanol–water partition coefficient (Wildman–Crippen LogP) is 2.02. The van der Waals surface area contributed by atoms with Crippen LogP contribution in [0.3, 0.4) is 0 Å². The van der Waals surface area contributed by atoms with Gasteiger partial charge in [0.05, 0.1) is 5.69 Å². The summed E-state index contributed by atoms with van der Waals surface area (Å²) in [7, 11) is 0. The summed E-state index contributed by atoms with van der Waals surface area (Å²) in [5.41, 5.74) is 1.42. The van der Waals surface area contributed by atoms with E-state index in [-0.39, 0.29) is 0 Å². The van der Waals surface area contributed by atoms with Crippen LogP contribution in [0.4, 0.5) is 0 Å². The minimum Gasteiger partial charge on any atom is -0.298 e. The molecule has 0 aliphatic carbocycles. The molecule has 6 nitrogen and oxygen atoms in total. The zero-order valence-corrected chi connectivity index (χ0v) is 11.1. The van der Waals surface area contributed by atoms with Crippen molar-refractivity contribution in [2.45, 2.75) is 10.2 Å². The third-order valence-corrected chi connectivity index (χ3v) is 3.42. The maximum atomic E-state index is 10.6. The average Bonchev–Trinajstić information content (AvgIpc) is 2.97. The molecule has 0 amide bonds. The molecule has 1 aromatic carbocycles. The Morgan fingerprint density at radius 1 is 1.10 bits per heavy atom. The number of hydrogen-bond donors (Lipinski definition) is 0. The van der Waals surface area contributed by atoms with Gasteiger partial charge in [-0.25, -0.2) is 4.98 Å². The third kappa shape index (κ3) is 2.57. The first-order valence-corrected chi connectivity index (χ1v) is 6.61. The van der Waals surface area contributed by atoms with Gasteiger partial charge in [-0.15, -0.1) is 5.10 Å². The number of tetrazole rings is 1.